The van der Waals surface area contributed by atoms with E-state index >= 15 is 0 Å². The van der Waals surface area contributed by atoms with Gasteiger partial charge in [-0.05, 0) is 37.8 Å². The zero-order valence-electron chi connectivity index (χ0n) is 16.1. The van der Waals surface area contributed by atoms with Crippen LogP contribution >= 0.6 is 0 Å². The lowest BCUT2D eigenvalue weighted by Crippen LogP contribution is -2.40. The highest BCUT2D eigenvalue weighted by Crippen LogP contribution is 2.24. The van der Waals surface area contributed by atoms with Crippen LogP contribution < -0.4 is 0 Å². The van der Waals surface area contributed by atoms with Crippen LogP contribution in [0.2, 0.25) is 0 Å². The van der Waals surface area contributed by atoms with Gasteiger partial charge in [-0.3, -0.25) is 9.59 Å². The molecule has 1 aromatic heterocycles. The molecular formula is C21H31N3O2. The van der Waals surface area contributed by atoms with E-state index in [-0.39, 0.29) is 11.8 Å². The van der Waals surface area contributed by atoms with Crippen LogP contribution in [0.15, 0.2) is 18.2 Å². The lowest BCUT2D eigenvalue weighted by Gasteiger charge is -2.32. The molecule has 3 rings (SSSR count). The van der Waals surface area contributed by atoms with Crippen LogP contribution in [-0.2, 0) is 0 Å². The third kappa shape index (κ3) is 4.25. The minimum atomic E-state index is -0.0770. The van der Waals surface area contributed by atoms with Gasteiger partial charge in [0.05, 0.1) is 0 Å². The number of carbonyl (C=O) groups excluding carboxylic acids is 2. The number of aromatic nitrogens is 1. The van der Waals surface area contributed by atoms with E-state index in [2.05, 4.69) is 4.98 Å². The largest absolute Gasteiger partial charge is 0.337 e. The first-order valence-electron chi connectivity index (χ1n) is 10.1. The summed E-state index contributed by atoms with van der Waals surface area (Å²) in [7, 11) is 3.73. The Labute approximate surface area is 156 Å². The zero-order chi connectivity index (χ0) is 18.5. The third-order valence-electron chi connectivity index (χ3n) is 6.07. The summed E-state index contributed by atoms with van der Waals surface area (Å²) >= 11 is 0. The average molecular weight is 357 g/mol. The normalized spacial score (nSPS) is 19.2. The molecule has 0 bridgehead atoms. The standard InChI is InChI=1S/C21H31N3O2/c1-23(16-10-5-3-6-11-16)20(25)18-14-9-15-19(22-18)21(26)24(2)17-12-7-4-8-13-17/h9,14-17H,3-8,10-13H2,1-2H3. The molecule has 0 unspecified atom stereocenters. The van der Waals surface area contributed by atoms with Gasteiger partial charge in [-0.15, -0.1) is 0 Å². The Morgan fingerprint density at radius 1 is 0.769 bits per heavy atom. The molecule has 26 heavy (non-hydrogen) atoms. The first-order valence-corrected chi connectivity index (χ1v) is 10.1. The lowest BCUT2D eigenvalue weighted by atomic mass is 9.94. The number of hydrogen-bond donors (Lipinski definition) is 0. The Morgan fingerprint density at radius 2 is 1.15 bits per heavy atom. The van der Waals surface area contributed by atoms with Crippen molar-refractivity contribution in [3.8, 4) is 0 Å². The Kier molecular flexibility index (Phi) is 6.28. The third-order valence-corrected chi connectivity index (χ3v) is 6.07. The van der Waals surface area contributed by atoms with Gasteiger partial charge >= 0.3 is 0 Å². The predicted molar refractivity (Wildman–Crippen MR) is 102 cm³/mol. The van der Waals surface area contributed by atoms with E-state index < -0.39 is 0 Å². The second kappa shape index (κ2) is 8.65. The van der Waals surface area contributed by atoms with Crippen molar-refractivity contribution in [2.24, 2.45) is 0 Å². The highest BCUT2D eigenvalue weighted by Gasteiger charge is 2.26. The summed E-state index contributed by atoms with van der Waals surface area (Å²) in [6.45, 7) is 0. The number of rotatable bonds is 4. The van der Waals surface area contributed by atoms with Crippen molar-refractivity contribution in [3.05, 3.63) is 29.6 Å². The molecular weight excluding hydrogens is 326 g/mol. The van der Waals surface area contributed by atoms with Crippen molar-refractivity contribution in [3.63, 3.8) is 0 Å². The molecule has 0 aliphatic heterocycles. The average Bonchev–Trinajstić information content (AvgIpc) is 2.73. The fourth-order valence-corrected chi connectivity index (χ4v) is 4.30. The molecule has 5 heteroatoms. The van der Waals surface area contributed by atoms with Crippen molar-refractivity contribution in [2.45, 2.75) is 76.3 Å². The Bertz CT molecular complexity index is 583. The van der Waals surface area contributed by atoms with Gasteiger partial charge in [-0.25, -0.2) is 4.98 Å². The Hall–Kier alpha value is -1.91. The lowest BCUT2D eigenvalue weighted by molar-refractivity contribution is 0.0682. The van der Waals surface area contributed by atoms with Gasteiger partial charge in [-0.1, -0.05) is 44.6 Å². The summed E-state index contributed by atoms with van der Waals surface area (Å²) in [6.07, 6.45) is 11.5. The fourth-order valence-electron chi connectivity index (χ4n) is 4.30. The summed E-state index contributed by atoms with van der Waals surface area (Å²) < 4.78 is 0. The number of nitrogens with zero attached hydrogens (tertiary/aromatic N) is 3. The predicted octanol–water partition coefficient (Wildman–Crippen LogP) is 3.89. The molecule has 2 amide bonds. The summed E-state index contributed by atoms with van der Waals surface area (Å²) in [6, 6.07) is 5.80. The minimum absolute atomic E-state index is 0.0770. The Morgan fingerprint density at radius 3 is 1.54 bits per heavy atom. The molecule has 2 aliphatic rings. The van der Waals surface area contributed by atoms with Crippen molar-refractivity contribution >= 4 is 11.8 Å². The molecule has 0 saturated heterocycles. The van der Waals surface area contributed by atoms with E-state index in [9.17, 15) is 9.59 Å². The van der Waals surface area contributed by atoms with Gasteiger partial charge in [0.15, 0.2) is 0 Å². The van der Waals surface area contributed by atoms with Gasteiger partial charge in [0.1, 0.15) is 11.4 Å². The maximum Gasteiger partial charge on any atom is 0.272 e. The van der Waals surface area contributed by atoms with Crippen LogP contribution in [0.25, 0.3) is 0 Å². The zero-order valence-corrected chi connectivity index (χ0v) is 16.1. The summed E-state index contributed by atoms with van der Waals surface area (Å²) in [5.74, 6) is -0.154. The maximum absolute atomic E-state index is 12.8. The monoisotopic (exact) mass is 357 g/mol. The van der Waals surface area contributed by atoms with Gasteiger partial charge in [0, 0.05) is 26.2 Å². The topological polar surface area (TPSA) is 53.5 Å². The Balaban J connectivity index is 1.70. The molecule has 2 saturated carbocycles. The molecule has 0 spiro atoms. The van der Waals surface area contributed by atoms with Crippen LogP contribution in [0.5, 0.6) is 0 Å². The molecule has 1 heterocycles. The highest BCUT2D eigenvalue weighted by atomic mass is 16.2. The van der Waals surface area contributed by atoms with E-state index in [1.165, 1.54) is 38.5 Å². The number of hydrogen-bond acceptors (Lipinski definition) is 3. The van der Waals surface area contributed by atoms with E-state index in [1.807, 2.05) is 23.9 Å². The number of pyridine rings is 1. The van der Waals surface area contributed by atoms with Crippen LogP contribution in [0.3, 0.4) is 0 Å². The van der Waals surface area contributed by atoms with E-state index in [0.717, 1.165) is 25.7 Å². The van der Waals surface area contributed by atoms with Crippen molar-refractivity contribution in [1.29, 1.82) is 0 Å². The minimum Gasteiger partial charge on any atom is -0.337 e. The van der Waals surface area contributed by atoms with E-state index in [0.29, 0.717) is 23.5 Å². The summed E-state index contributed by atoms with van der Waals surface area (Å²) in [4.78, 5) is 33.7. The molecule has 1 aromatic rings. The summed E-state index contributed by atoms with van der Waals surface area (Å²) in [5.41, 5.74) is 0.752. The molecule has 142 valence electrons. The van der Waals surface area contributed by atoms with Gasteiger partial charge in [-0.2, -0.15) is 0 Å². The SMILES string of the molecule is CN(C(=O)c1cccc(C(=O)N(C)C2CCCCC2)n1)C1CCCCC1. The second-order valence-corrected chi connectivity index (χ2v) is 7.82. The van der Waals surface area contributed by atoms with Crippen LogP contribution in [0.1, 0.15) is 85.2 Å². The van der Waals surface area contributed by atoms with Crippen molar-refractivity contribution in [2.75, 3.05) is 14.1 Å². The van der Waals surface area contributed by atoms with Crippen LogP contribution in [0.4, 0.5) is 0 Å². The molecule has 0 atom stereocenters. The fraction of sp³-hybridized carbons (Fsp3) is 0.667. The van der Waals surface area contributed by atoms with Crippen LogP contribution in [0, 0.1) is 0 Å². The smallest absolute Gasteiger partial charge is 0.272 e. The molecule has 0 radical (unpaired) electrons. The van der Waals surface area contributed by atoms with Crippen LogP contribution in [-0.4, -0.2) is 52.8 Å². The number of amides is 2. The molecule has 2 fully saturated rings. The highest BCUT2D eigenvalue weighted by molar-refractivity contribution is 5.96. The molecule has 5 nitrogen and oxygen atoms in total. The quantitative estimate of drug-likeness (QED) is 0.821. The van der Waals surface area contributed by atoms with Gasteiger partial charge in [0.25, 0.3) is 11.8 Å². The first-order chi connectivity index (χ1) is 12.6. The first kappa shape index (κ1) is 18.9. The number of carbonyl (C=O) groups is 2. The molecule has 2 aliphatic carbocycles. The maximum atomic E-state index is 12.8. The van der Waals surface area contributed by atoms with Gasteiger partial charge in [0.2, 0.25) is 0 Å². The van der Waals surface area contributed by atoms with E-state index in [4.69, 9.17) is 0 Å². The molecule has 0 aromatic carbocycles. The summed E-state index contributed by atoms with van der Waals surface area (Å²) in [5, 5.41) is 0. The van der Waals surface area contributed by atoms with E-state index in [1.54, 1.807) is 18.2 Å². The van der Waals surface area contributed by atoms with Crippen molar-refractivity contribution < 1.29 is 9.59 Å². The second-order valence-electron chi connectivity index (χ2n) is 7.82. The van der Waals surface area contributed by atoms with Crippen molar-refractivity contribution in [1.82, 2.24) is 14.8 Å². The van der Waals surface area contributed by atoms with Gasteiger partial charge < -0.3 is 9.80 Å². The molecule has 0 N–H and O–H groups in total.